The molecule has 152 valence electrons. The quantitative estimate of drug-likeness (QED) is 0.454. The first-order chi connectivity index (χ1) is 13.9. The van der Waals surface area contributed by atoms with Gasteiger partial charge in [-0.15, -0.1) is 0 Å². The maximum absolute atomic E-state index is 12.2. The largest absolute Gasteiger partial charge is 0.491 e. The van der Waals surface area contributed by atoms with Crippen molar-refractivity contribution in [3.63, 3.8) is 0 Å². The van der Waals surface area contributed by atoms with Gasteiger partial charge >= 0.3 is 5.69 Å². The minimum Gasteiger partial charge on any atom is -0.491 e. The standard InChI is InChI=1S/C21H25N5O3/c1-14(2)29-18-10-7-9-17(12-18)16(4)22-28-13-19-15(3)8-6-11-20(19)26-21(27)25(5)23-24-26/h6-12,14H,13H2,1-5H3. The van der Waals surface area contributed by atoms with E-state index in [0.717, 1.165) is 28.2 Å². The Morgan fingerprint density at radius 3 is 2.62 bits per heavy atom. The lowest BCUT2D eigenvalue weighted by atomic mass is 10.1. The van der Waals surface area contributed by atoms with Crippen LogP contribution in [0.15, 0.2) is 52.4 Å². The van der Waals surface area contributed by atoms with E-state index >= 15 is 0 Å². The van der Waals surface area contributed by atoms with Crippen LogP contribution in [0, 0.1) is 6.92 Å². The molecule has 0 radical (unpaired) electrons. The van der Waals surface area contributed by atoms with E-state index in [-0.39, 0.29) is 18.4 Å². The Labute approximate surface area is 169 Å². The first kappa shape index (κ1) is 20.3. The molecule has 8 nitrogen and oxygen atoms in total. The number of oxime groups is 1. The number of hydrogen-bond acceptors (Lipinski definition) is 6. The molecule has 8 heteroatoms. The maximum Gasteiger partial charge on any atom is 0.368 e. The molecule has 0 bridgehead atoms. The molecular formula is C21H25N5O3. The van der Waals surface area contributed by atoms with Crippen molar-refractivity contribution < 1.29 is 9.57 Å². The van der Waals surface area contributed by atoms with Gasteiger partial charge in [0.25, 0.3) is 0 Å². The zero-order chi connectivity index (χ0) is 21.0. The second-order valence-corrected chi connectivity index (χ2v) is 7.01. The summed E-state index contributed by atoms with van der Waals surface area (Å²) in [5.74, 6) is 0.787. The summed E-state index contributed by atoms with van der Waals surface area (Å²) < 4.78 is 8.17. The van der Waals surface area contributed by atoms with E-state index in [4.69, 9.17) is 9.57 Å². The summed E-state index contributed by atoms with van der Waals surface area (Å²) in [6.45, 7) is 8.00. The van der Waals surface area contributed by atoms with Crippen molar-refractivity contribution in [3.05, 3.63) is 69.6 Å². The third-order valence-corrected chi connectivity index (χ3v) is 4.37. The molecule has 0 aliphatic carbocycles. The topological polar surface area (TPSA) is 83.5 Å². The van der Waals surface area contributed by atoms with E-state index in [1.807, 2.05) is 70.2 Å². The second kappa shape index (κ2) is 8.72. The summed E-state index contributed by atoms with van der Waals surface area (Å²) >= 11 is 0. The zero-order valence-corrected chi connectivity index (χ0v) is 17.3. The van der Waals surface area contributed by atoms with Crippen molar-refractivity contribution in [2.24, 2.45) is 12.2 Å². The Kier molecular flexibility index (Phi) is 6.11. The predicted octanol–water partition coefficient (Wildman–Crippen LogP) is 3.00. The molecule has 0 atom stereocenters. The van der Waals surface area contributed by atoms with Gasteiger partial charge in [0.2, 0.25) is 0 Å². The third kappa shape index (κ3) is 4.71. The van der Waals surface area contributed by atoms with Gasteiger partial charge in [-0.25, -0.2) is 4.79 Å². The van der Waals surface area contributed by atoms with E-state index < -0.39 is 0 Å². The Bertz CT molecular complexity index is 1080. The fourth-order valence-electron chi connectivity index (χ4n) is 2.85. The van der Waals surface area contributed by atoms with E-state index in [2.05, 4.69) is 15.6 Å². The molecule has 0 aliphatic heterocycles. The second-order valence-electron chi connectivity index (χ2n) is 7.01. The van der Waals surface area contributed by atoms with Gasteiger partial charge in [0.05, 0.1) is 17.5 Å². The summed E-state index contributed by atoms with van der Waals surface area (Å²) in [5, 5.41) is 11.9. The van der Waals surface area contributed by atoms with Crippen LogP contribution in [0.2, 0.25) is 0 Å². The Hall–Kier alpha value is -3.42. The molecule has 3 aromatic rings. The summed E-state index contributed by atoms with van der Waals surface area (Å²) in [4.78, 5) is 17.9. The molecular weight excluding hydrogens is 370 g/mol. The average Bonchev–Trinajstić information content (AvgIpc) is 3.01. The van der Waals surface area contributed by atoms with Crippen LogP contribution in [-0.4, -0.2) is 31.6 Å². The molecule has 0 saturated carbocycles. The summed E-state index contributed by atoms with van der Waals surface area (Å²) in [5.41, 5.74) is 3.75. The highest BCUT2D eigenvalue weighted by Gasteiger charge is 2.13. The first-order valence-corrected chi connectivity index (χ1v) is 9.38. The Balaban J connectivity index is 1.80. The number of hydrogen-bond donors (Lipinski definition) is 0. The highest BCUT2D eigenvalue weighted by Crippen LogP contribution is 2.19. The van der Waals surface area contributed by atoms with E-state index in [1.54, 1.807) is 7.05 Å². The number of nitrogens with zero attached hydrogens (tertiary/aromatic N) is 5. The lowest BCUT2D eigenvalue weighted by molar-refractivity contribution is 0.130. The zero-order valence-electron chi connectivity index (χ0n) is 17.3. The average molecular weight is 395 g/mol. The summed E-state index contributed by atoms with van der Waals surface area (Å²) in [6, 6.07) is 13.3. The third-order valence-electron chi connectivity index (χ3n) is 4.37. The lowest BCUT2D eigenvalue weighted by Crippen LogP contribution is -2.23. The number of aryl methyl sites for hydroxylation is 2. The van der Waals surface area contributed by atoms with Crippen LogP contribution in [0.5, 0.6) is 5.75 Å². The molecule has 29 heavy (non-hydrogen) atoms. The smallest absolute Gasteiger partial charge is 0.368 e. The van der Waals surface area contributed by atoms with Crippen molar-refractivity contribution in [3.8, 4) is 11.4 Å². The predicted molar refractivity (Wildman–Crippen MR) is 111 cm³/mol. The molecule has 0 fully saturated rings. The van der Waals surface area contributed by atoms with Crippen molar-refractivity contribution in [2.45, 2.75) is 40.4 Å². The normalized spacial score (nSPS) is 11.7. The van der Waals surface area contributed by atoms with Crippen molar-refractivity contribution in [2.75, 3.05) is 0 Å². The first-order valence-electron chi connectivity index (χ1n) is 9.38. The maximum atomic E-state index is 12.2. The van der Waals surface area contributed by atoms with Gasteiger partial charge in [-0.2, -0.15) is 9.36 Å². The molecule has 0 unspecified atom stereocenters. The minimum absolute atomic E-state index is 0.0997. The molecule has 0 N–H and O–H groups in total. The lowest BCUT2D eigenvalue weighted by Gasteiger charge is -2.12. The summed E-state index contributed by atoms with van der Waals surface area (Å²) in [7, 11) is 1.56. The van der Waals surface area contributed by atoms with Crippen LogP contribution in [-0.2, 0) is 18.5 Å². The number of tetrazole rings is 1. The van der Waals surface area contributed by atoms with E-state index in [0.29, 0.717) is 5.69 Å². The van der Waals surface area contributed by atoms with Gasteiger partial charge in [0, 0.05) is 18.2 Å². The highest BCUT2D eigenvalue weighted by molar-refractivity contribution is 5.98. The number of rotatable bonds is 7. The molecule has 3 rings (SSSR count). The van der Waals surface area contributed by atoms with Gasteiger partial charge < -0.3 is 9.57 Å². The molecule has 2 aromatic carbocycles. The van der Waals surface area contributed by atoms with Crippen LogP contribution < -0.4 is 10.4 Å². The van der Waals surface area contributed by atoms with Gasteiger partial charge in [-0.05, 0) is 61.9 Å². The molecule has 0 aliphatic rings. The van der Waals surface area contributed by atoms with E-state index in [1.165, 1.54) is 9.36 Å². The van der Waals surface area contributed by atoms with Crippen LogP contribution in [0.1, 0.15) is 37.5 Å². The van der Waals surface area contributed by atoms with Crippen LogP contribution >= 0.6 is 0 Å². The minimum atomic E-state index is -0.321. The molecule has 1 heterocycles. The number of aromatic nitrogens is 4. The van der Waals surface area contributed by atoms with Crippen LogP contribution in [0.4, 0.5) is 0 Å². The number of benzene rings is 2. The van der Waals surface area contributed by atoms with Crippen LogP contribution in [0.25, 0.3) is 5.69 Å². The molecule has 0 spiro atoms. The number of ether oxygens (including phenoxy) is 1. The van der Waals surface area contributed by atoms with Crippen LogP contribution in [0.3, 0.4) is 0 Å². The fourth-order valence-corrected chi connectivity index (χ4v) is 2.85. The fraction of sp³-hybridized carbons (Fsp3) is 0.333. The SMILES string of the molecule is CC(=NOCc1c(C)cccc1-n1nnn(C)c1=O)c1cccc(OC(C)C)c1. The highest BCUT2D eigenvalue weighted by atomic mass is 16.6. The Morgan fingerprint density at radius 1 is 1.17 bits per heavy atom. The van der Waals surface area contributed by atoms with Crippen molar-refractivity contribution >= 4 is 5.71 Å². The monoisotopic (exact) mass is 395 g/mol. The van der Waals surface area contributed by atoms with Crippen molar-refractivity contribution in [1.29, 1.82) is 0 Å². The molecule has 0 saturated heterocycles. The van der Waals surface area contributed by atoms with Gasteiger partial charge in [-0.1, -0.05) is 29.4 Å². The van der Waals surface area contributed by atoms with Gasteiger partial charge in [0.15, 0.2) is 0 Å². The molecule has 1 aromatic heterocycles. The summed E-state index contributed by atoms with van der Waals surface area (Å²) in [6.07, 6.45) is 0.0997. The van der Waals surface area contributed by atoms with Gasteiger partial charge in [-0.3, -0.25) is 0 Å². The Morgan fingerprint density at radius 2 is 1.93 bits per heavy atom. The molecule has 0 amide bonds. The van der Waals surface area contributed by atoms with Gasteiger partial charge in [0.1, 0.15) is 12.4 Å². The van der Waals surface area contributed by atoms with E-state index in [9.17, 15) is 4.79 Å². The van der Waals surface area contributed by atoms with Crippen molar-refractivity contribution in [1.82, 2.24) is 19.8 Å².